The Balaban J connectivity index is 1.82. The molecule has 1 aromatic rings. The molecule has 1 heterocycles. The number of benzene rings is 1. The Hall–Kier alpha value is -2.17. The van der Waals surface area contributed by atoms with Gasteiger partial charge in [-0.15, -0.1) is 0 Å². The number of rotatable bonds is 5. The Kier molecular flexibility index (Phi) is 7.16. The number of amides is 1. The highest BCUT2D eigenvalue weighted by Crippen LogP contribution is 2.14. The van der Waals surface area contributed by atoms with Crippen LogP contribution in [0.2, 0.25) is 0 Å². The Bertz CT molecular complexity index is 631. The number of ether oxygens (including phenoxy) is 1. The maximum absolute atomic E-state index is 12.3. The maximum atomic E-state index is 12.3. The highest BCUT2D eigenvalue weighted by Gasteiger charge is 2.20. The van der Waals surface area contributed by atoms with Crippen LogP contribution in [0.3, 0.4) is 0 Å². The lowest BCUT2D eigenvalue weighted by Gasteiger charge is -2.35. The fourth-order valence-electron chi connectivity index (χ4n) is 2.59. The van der Waals surface area contributed by atoms with E-state index < -0.39 is 0 Å². The normalized spacial score (nSPS) is 14.9. The first kappa shape index (κ1) is 19.2. The van der Waals surface area contributed by atoms with E-state index in [1.54, 1.807) is 24.3 Å². The van der Waals surface area contributed by atoms with Gasteiger partial charge in [0.25, 0.3) is 5.91 Å². The standard InChI is InChI=1S/C18H24N4O2S/c1-14(2)24-16-6-4-15(5-7-16)17(23)20-18(25)22-12-10-21(11-13-22)9-3-8-19/h4-7,14H,3,9-13H2,1-2H3,(H,20,23,25). The van der Waals surface area contributed by atoms with Gasteiger partial charge in [0.05, 0.1) is 12.2 Å². The molecule has 2 rings (SSSR count). The number of nitriles is 1. The molecule has 1 aliphatic rings. The van der Waals surface area contributed by atoms with E-state index in [2.05, 4.69) is 16.3 Å². The van der Waals surface area contributed by atoms with Crippen molar-refractivity contribution in [1.82, 2.24) is 15.1 Å². The molecule has 1 aliphatic heterocycles. The van der Waals surface area contributed by atoms with Gasteiger partial charge < -0.3 is 9.64 Å². The van der Waals surface area contributed by atoms with E-state index in [1.807, 2.05) is 18.7 Å². The van der Waals surface area contributed by atoms with Crippen LogP contribution in [-0.4, -0.2) is 59.6 Å². The second-order valence-corrected chi connectivity index (χ2v) is 6.57. The lowest BCUT2D eigenvalue weighted by Crippen LogP contribution is -2.52. The van der Waals surface area contributed by atoms with E-state index in [4.69, 9.17) is 22.2 Å². The molecule has 1 N–H and O–H groups in total. The van der Waals surface area contributed by atoms with E-state index in [9.17, 15) is 4.79 Å². The lowest BCUT2D eigenvalue weighted by molar-refractivity contribution is 0.0969. The summed E-state index contributed by atoms with van der Waals surface area (Å²) in [4.78, 5) is 16.6. The van der Waals surface area contributed by atoms with Crippen LogP contribution in [0.15, 0.2) is 24.3 Å². The molecule has 6 nitrogen and oxygen atoms in total. The van der Waals surface area contributed by atoms with E-state index in [1.165, 1.54) is 0 Å². The third-order valence-electron chi connectivity index (χ3n) is 3.91. The van der Waals surface area contributed by atoms with Crippen LogP contribution in [0.1, 0.15) is 30.6 Å². The molecule has 1 aromatic carbocycles. The van der Waals surface area contributed by atoms with Gasteiger partial charge in [0.2, 0.25) is 0 Å². The summed E-state index contributed by atoms with van der Waals surface area (Å²) in [6, 6.07) is 9.19. The number of nitrogens with one attached hydrogen (secondary N) is 1. The summed E-state index contributed by atoms with van der Waals surface area (Å²) >= 11 is 5.36. The van der Waals surface area contributed by atoms with Crippen LogP contribution in [0.5, 0.6) is 5.75 Å². The van der Waals surface area contributed by atoms with Gasteiger partial charge in [-0.05, 0) is 50.3 Å². The van der Waals surface area contributed by atoms with Gasteiger partial charge in [-0.3, -0.25) is 15.0 Å². The summed E-state index contributed by atoms with van der Waals surface area (Å²) < 4.78 is 5.57. The van der Waals surface area contributed by atoms with E-state index in [0.29, 0.717) is 17.1 Å². The zero-order valence-electron chi connectivity index (χ0n) is 14.7. The first-order valence-corrected chi connectivity index (χ1v) is 8.86. The molecule has 0 bridgehead atoms. The topological polar surface area (TPSA) is 68.6 Å². The third kappa shape index (κ3) is 6.00. The highest BCUT2D eigenvalue weighted by atomic mass is 32.1. The van der Waals surface area contributed by atoms with Crippen molar-refractivity contribution in [3.63, 3.8) is 0 Å². The molecule has 7 heteroatoms. The minimum atomic E-state index is -0.215. The molecule has 0 spiro atoms. The first-order valence-electron chi connectivity index (χ1n) is 8.46. The third-order valence-corrected chi connectivity index (χ3v) is 4.27. The minimum Gasteiger partial charge on any atom is -0.491 e. The summed E-state index contributed by atoms with van der Waals surface area (Å²) in [6.07, 6.45) is 0.636. The van der Waals surface area contributed by atoms with Crippen LogP contribution in [-0.2, 0) is 0 Å². The fourth-order valence-corrected chi connectivity index (χ4v) is 2.86. The molecule has 0 saturated carbocycles. The Morgan fingerprint density at radius 2 is 1.92 bits per heavy atom. The van der Waals surface area contributed by atoms with Crippen LogP contribution < -0.4 is 10.1 Å². The van der Waals surface area contributed by atoms with Gasteiger partial charge in [0.1, 0.15) is 5.75 Å². The van der Waals surface area contributed by atoms with E-state index in [-0.39, 0.29) is 12.0 Å². The number of carbonyl (C=O) groups is 1. The molecule has 1 amide bonds. The average molecular weight is 360 g/mol. The van der Waals surface area contributed by atoms with Crippen molar-refractivity contribution in [2.45, 2.75) is 26.4 Å². The number of thiocarbonyl (C=S) groups is 1. The van der Waals surface area contributed by atoms with Crippen molar-refractivity contribution >= 4 is 23.2 Å². The summed E-state index contributed by atoms with van der Waals surface area (Å²) in [6.45, 7) is 7.90. The summed E-state index contributed by atoms with van der Waals surface area (Å²) in [5, 5.41) is 11.9. The highest BCUT2D eigenvalue weighted by molar-refractivity contribution is 7.80. The molecule has 0 aromatic heterocycles. The van der Waals surface area contributed by atoms with Gasteiger partial charge in [-0.25, -0.2) is 0 Å². The van der Waals surface area contributed by atoms with Crippen LogP contribution in [0.25, 0.3) is 0 Å². The number of hydrogen-bond donors (Lipinski definition) is 1. The van der Waals surface area contributed by atoms with Crippen molar-refractivity contribution in [2.24, 2.45) is 0 Å². The molecule has 134 valence electrons. The zero-order valence-corrected chi connectivity index (χ0v) is 15.5. The zero-order chi connectivity index (χ0) is 18.2. The summed E-state index contributed by atoms with van der Waals surface area (Å²) in [5.41, 5.74) is 0.547. The largest absolute Gasteiger partial charge is 0.491 e. The maximum Gasteiger partial charge on any atom is 0.257 e. The summed E-state index contributed by atoms with van der Waals surface area (Å²) in [5.74, 6) is 0.524. The van der Waals surface area contributed by atoms with Crippen LogP contribution >= 0.6 is 12.2 Å². The second-order valence-electron chi connectivity index (χ2n) is 6.19. The van der Waals surface area contributed by atoms with Crippen LogP contribution in [0.4, 0.5) is 0 Å². The minimum absolute atomic E-state index is 0.0964. The van der Waals surface area contributed by atoms with E-state index >= 15 is 0 Å². The second kappa shape index (κ2) is 9.35. The predicted molar refractivity (Wildman–Crippen MR) is 101 cm³/mol. The lowest BCUT2D eigenvalue weighted by atomic mass is 10.2. The molecule has 1 fully saturated rings. The number of carbonyl (C=O) groups excluding carboxylic acids is 1. The van der Waals surface area contributed by atoms with Crippen molar-refractivity contribution in [2.75, 3.05) is 32.7 Å². The van der Waals surface area contributed by atoms with E-state index in [0.717, 1.165) is 38.5 Å². The monoisotopic (exact) mass is 360 g/mol. The molecular weight excluding hydrogens is 336 g/mol. The van der Waals surface area contributed by atoms with Gasteiger partial charge in [-0.2, -0.15) is 5.26 Å². The molecular formula is C18H24N4O2S. The van der Waals surface area contributed by atoms with Gasteiger partial charge in [-0.1, -0.05) is 0 Å². The van der Waals surface area contributed by atoms with Crippen molar-refractivity contribution in [3.8, 4) is 11.8 Å². The molecule has 0 unspecified atom stereocenters. The summed E-state index contributed by atoms with van der Waals surface area (Å²) in [7, 11) is 0. The predicted octanol–water partition coefficient (Wildman–Crippen LogP) is 2.02. The average Bonchev–Trinajstić information content (AvgIpc) is 2.60. The molecule has 1 saturated heterocycles. The quantitative estimate of drug-likeness (QED) is 0.810. The Morgan fingerprint density at radius 3 is 2.48 bits per heavy atom. The molecule has 0 aliphatic carbocycles. The van der Waals surface area contributed by atoms with Crippen molar-refractivity contribution < 1.29 is 9.53 Å². The number of nitrogens with zero attached hydrogens (tertiary/aromatic N) is 3. The molecule has 0 radical (unpaired) electrons. The smallest absolute Gasteiger partial charge is 0.257 e. The van der Waals surface area contributed by atoms with Gasteiger partial charge >= 0.3 is 0 Å². The van der Waals surface area contributed by atoms with Gasteiger partial charge in [0.15, 0.2) is 5.11 Å². The first-order chi connectivity index (χ1) is 12.0. The molecule has 0 atom stereocenters. The van der Waals surface area contributed by atoms with Crippen molar-refractivity contribution in [3.05, 3.63) is 29.8 Å². The van der Waals surface area contributed by atoms with Gasteiger partial charge in [0, 0.05) is 44.7 Å². The molecule has 25 heavy (non-hydrogen) atoms. The van der Waals surface area contributed by atoms with Crippen molar-refractivity contribution in [1.29, 1.82) is 5.26 Å². The van der Waals surface area contributed by atoms with Crippen LogP contribution in [0, 0.1) is 11.3 Å². The Morgan fingerprint density at radius 1 is 1.28 bits per heavy atom. The number of hydrogen-bond acceptors (Lipinski definition) is 5. The fraction of sp³-hybridized carbons (Fsp3) is 0.500. The SMILES string of the molecule is CC(C)Oc1ccc(C(=O)NC(=S)N2CCN(CCC#N)CC2)cc1. The number of piperazine rings is 1. The Labute approximate surface area is 154 Å².